The van der Waals surface area contributed by atoms with Crippen LogP contribution in [-0.4, -0.2) is 62.1 Å². The van der Waals surface area contributed by atoms with Gasteiger partial charge in [0.2, 0.25) is 5.95 Å². The van der Waals surface area contributed by atoms with E-state index in [2.05, 4.69) is 25.7 Å². The van der Waals surface area contributed by atoms with Gasteiger partial charge in [-0.05, 0) is 43.2 Å². The summed E-state index contributed by atoms with van der Waals surface area (Å²) in [5, 5.41) is 20.0. The molecule has 5 rings (SSSR count). The Morgan fingerprint density at radius 3 is 2.90 bits per heavy atom. The third kappa shape index (κ3) is 3.42. The molecule has 0 saturated heterocycles. The molecular formula is C21H23N7O2. The van der Waals surface area contributed by atoms with Crippen LogP contribution in [0.3, 0.4) is 0 Å². The number of pyridine rings is 2. The Labute approximate surface area is 173 Å². The maximum atomic E-state index is 8.85. The van der Waals surface area contributed by atoms with Crippen molar-refractivity contribution >= 4 is 28.3 Å². The summed E-state index contributed by atoms with van der Waals surface area (Å²) in [5.41, 5.74) is 4.39. The van der Waals surface area contributed by atoms with E-state index in [0.29, 0.717) is 12.6 Å². The second-order valence-electron chi connectivity index (χ2n) is 7.32. The zero-order valence-electron chi connectivity index (χ0n) is 16.6. The molecule has 0 bridgehead atoms. The third-order valence-corrected chi connectivity index (χ3v) is 5.35. The average Bonchev–Trinajstić information content (AvgIpc) is 3.18. The summed E-state index contributed by atoms with van der Waals surface area (Å²) < 4.78 is 7.36. The number of aliphatic hydroxyl groups is 1. The standard InChI is InChI=1S/C21H23N7O2/c1-22-20-19-15(16-4-5-17-18(25-16)3-2-7-23-17)6-8-28(19)27-21(26-20)24-13-11-14(12-13)30-10-9-29/h2-8,13-14,29H,9-12H2,1H3,(H2,22,24,26,27). The van der Waals surface area contributed by atoms with Gasteiger partial charge in [-0.1, -0.05) is 0 Å². The Bertz CT molecular complexity index is 1190. The van der Waals surface area contributed by atoms with Gasteiger partial charge >= 0.3 is 0 Å². The summed E-state index contributed by atoms with van der Waals surface area (Å²) in [6.07, 6.45) is 5.63. The van der Waals surface area contributed by atoms with Gasteiger partial charge in [0, 0.05) is 31.0 Å². The predicted octanol–water partition coefficient (Wildman–Crippen LogP) is 2.33. The molecule has 4 aromatic heterocycles. The molecule has 0 amide bonds. The molecule has 3 N–H and O–H groups in total. The molecule has 30 heavy (non-hydrogen) atoms. The minimum atomic E-state index is 0.0540. The number of rotatable bonds is 7. The van der Waals surface area contributed by atoms with Crippen molar-refractivity contribution in [1.82, 2.24) is 24.6 Å². The van der Waals surface area contributed by atoms with E-state index in [1.54, 1.807) is 6.20 Å². The molecule has 1 aliphatic rings. The third-order valence-electron chi connectivity index (χ3n) is 5.35. The first-order valence-corrected chi connectivity index (χ1v) is 10.0. The molecule has 9 heteroatoms. The fourth-order valence-electron chi connectivity index (χ4n) is 3.80. The SMILES string of the molecule is CNc1nc(NC2CC(OCCO)C2)nn2ccc(-c3ccc4ncccc4n3)c12. The lowest BCUT2D eigenvalue weighted by atomic mass is 9.89. The fraction of sp³-hybridized carbons (Fsp3) is 0.333. The largest absolute Gasteiger partial charge is 0.394 e. The molecule has 0 atom stereocenters. The number of aromatic nitrogens is 5. The summed E-state index contributed by atoms with van der Waals surface area (Å²) in [6, 6.07) is 10.1. The lowest BCUT2D eigenvalue weighted by molar-refractivity contribution is -0.0196. The van der Waals surface area contributed by atoms with Gasteiger partial charge in [0.05, 0.1) is 36.0 Å². The van der Waals surface area contributed by atoms with Gasteiger partial charge in [0.25, 0.3) is 0 Å². The fourth-order valence-corrected chi connectivity index (χ4v) is 3.80. The van der Waals surface area contributed by atoms with Crippen LogP contribution >= 0.6 is 0 Å². The molecule has 9 nitrogen and oxygen atoms in total. The highest BCUT2D eigenvalue weighted by molar-refractivity contribution is 5.89. The van der Waals surface area contributed by atoms with E-state index in [9.17, 15) is 0 Å². The van der Waals surface area contributed by atoms with Gasteiger partial charge in [-0.3, -0.25) is 4.98 Å². The Hall–Kier alpha value is -3.30. The molecule has 0 radical (unpaired) electrons. The van der Waals surface area contributed by atoms with E-state index in [4.69, 9.17) is 14.8 Å². The topological polar surface area (TPSA) is 109 Å². The van der Waals surface area contributed by atoms with Crippen LogP contribution in [0.1, 0.15) is 12.8 Å². The number of hydrogen-bond donors (Lipinski definition) is 3. The number of aliphatic hydroxyl groups excluding tert-OH is 1. The first-order chi connectivity index (χ1) is 14.7. The van der Waals surface area contributed by atoms with Crippen LogP contribution in [-0.2, 0) is 4.74 Å². The van der Waals surface area contributed by atoms with Gasteiger partial charge < -0.3 is 20.5 Å². The summed E-state index contributed by atoms with van der Waals surface area (Å²) >= 11 is 0. The highest BCUT2D eigenvalue weighted by atomic mass is 16.5. The molecular weight excluding hydrogens is 382 g/mol. The van der Waals surface area contributed by atoms with E-state index in [1.807, 2.05) is 48.1 Å². The maximum Gasteiger partial charge on any atom is 0.243 e. The lowest BCUT2D eigenvalue weighted by Crippen LogP contribution is -2.41. The van der Waals surface area contributed by atoms with Gasteiger partial charge in [0.15, 0.2) is 5.82 Å². The van der Waals surface area contributed by atoms with Crippen molar-refractivity contribution < 1.29 is 9.84 Å². The predicted molar refractivity (Wildman–Crippen MR) is 115 cm³/mol. The van der Waals surface area contributed by atoms with Crippen LogP contribution in [0.5, 0.6) is 0 Å². The number of hydrogen-bond acceptors (Lipinski definition) is 8. The molecule has 1 saturated carbocycles. The van der Waals surface area contributed by atoms with Crippen molar-refractivity contribution in [3.05, 3.63) is 42.7 Å². The molecule has 0 aliphatic heterocycles. The van der Waals surface area contributed by atoms with Crippen LogP contribution in [0.4, 0.5) is 11.8 Å². The number of nitrogens with zero attached hydrogens (tertiary/aromatic N) is 5. The van der Waals surface area contributed by atoms with Crippen molar-refractivity contribution in [2.24, 2.45) is 0 Å². The van der Waals surface area contributed by atoms with E-state index in [0.717, 1.165) is 46.5 Å². The lowest BCUT2D eigenvalue weighted by Gasteiger charge is -2.35. The van der Waals surface area contributed by atoms with E-state index in [1.165, 1.54) is 0 Å². The molecule has 0 aromatic carbocycles. The van der Waals surface area contributed by atoms with Crippen molar-refractivity contribution in [2.75, 3.05) is 30.9 Å². The van der Waals surface area contributed by atoms with Crippen molar-refractivity contribution in [3.8, 4) is 11.3 Å². The molecule has 4 heterocycles. The Kier molecular flexibility index (Phi) is 4.89. The molecule has 4 aromatic rings. The molecule has 0 unspecified atom stereocenters. The monoisotopic (exact) mass is 405 g/mol. The maximum absolute atomic E-state index is 8.85. The van der Waals surface area contributed by atoms with Crippen LogP contribution < -0.4 is 10.6 Å². The van der Waals surface area contributed by atoms with E-state index >= 15 is 0 Å². The van der Waals surface area contributed by atoms with Crippen LogP contribution in [0, 0.1) is 0 Å². The summed E-state index contributed by atoms with van der Waals surface area (Å²) in [7, 11) is 1.85. The van der Waals surface area contributed by atoms with Gasteiger partial charge in [-0.25, -0.2) is 9.50 Å². The van der Waals surface area contributed by atoms with Gasteiger partial charge in [-0.2, -0.15) is 4.98 Å². The van der Waals surface area contributed by atoms with Crippen molar-refractivity contribution in [1.29, 1.82) is 0 Å². The first-order valence-electron chi connectivity index (χ1n) is 10.0. The second-order valence-corrected chi connectivity index (χ2v) is 7.32. The average molecular weight is 405 g/mol. The molecule has 1 fully saturated rings. The first kappa shape index (κ1) is 18.7. The van der Waals surface area contributed by atoms with E-state index in [-0.39, 0.29) is 18.8 Å². The molecule has 0 spiro atoms. The molecule has 1 aliphatic carbocycles. The Balaban J connectivity index is 1.43. The van der Waals surface area contributed by atoms with Gasteiger partial charge in [-0.15, -0.1) is 5.10 Å². The van der Waals surface area contributed by atoms with Crippen LogP contribution in [0.2, 0.25) is 0 Å². The van der Waals surface area contributed by atoms with Crippen LogP contribution in [0.25, 0.3) is 27.8 Å². The van der Waals surface area contributed by atoms with Crippen molar-refractivity contribution in [2.45, 2.75) is 25.0 Å². The summed E-state index contributed by atoms with van der Waals surface area (Å²) in [4.78, 5) is 13.8. The number of fused-ring (bicyclic) bond motifs is 2. The second kappa shape index (κ2) is 7.85. The number of nitrogens with one attached hydrogen (secondary N) is 2. The summed E-state index contributed by atoms with van der Waals surface area (Å²) in [5.74, 6) is 1.29. The minimum Gasteiger partial charge on any atom is -0.394 e. The Morgan fingerprint density at radius 2 is 2.07 bits per heavy atom. The minimum absolute atomic E-state index is 0.0540. The normalized spacial score (nSPS) is 18.5. The zero-order chi connectivity index (χ0) is 20.5. The summed E-state index contributed by atoms with van der Waals surface area (Å²) in [6.45, 7) is 0.438. The number of anilines is 2. The number of ether oxygens (including phenoxy) is 1. The van der Waals surface area contributed by atoms with E-state index < -0.39 is 0 Å². The molecule has 154 valence electrons. The zero-order valence-corrected chi connectivity index (χ0v) is 16.6. The quantitative estimate of drug-likeness (QED) is 0.430. The van der Waals surface area contributed by atoms with Crippen LogP contribution in [0.15, 0.2) is 42.7 Å². The Morgan fingerprint density at radius 1 is 1.17 bits per heavy atom. The smallest absolute Gasteiger partial charge is 0.243 e. The highest BCUT2D eigenvalue weighted by Gasteiger charge is 2.30. The van der Waals surface area contributed by atoms with Crippen molar-refractivity contribution in [3.63, 3.8) is 0 Å². The van der Waals surface area contributed by atoms with Gasteiger partial charge in [0.1, 0.15) is 5.52 Å². The highest BCUT2D eigenvalue weighted by Crippen LogP contribution is 2.31.